The summed E-state index contributed by atoms with van der Waals surface area (Å²) in [5.41, 5.74) is 3.89. The third-order valence-corrected chi connectivity index (χ3v) is 5.82. The molecule has 0 bridgehead atoms. The zero-order valence-corrected chi connectivity index (χ0v) is 18.9. The number of quaternary nitrogens is 1. The van der Waals surface area contributed by atoms with Crippen molar-refractivity contribution in [1.29, 1.82) is 0 Å². The number of methoxy groups -OCH3 is 1. The molecule has 0 radical (unpaired) electrons. The number of likely N-dealkylation sites (N-methyl/N-ethyl adjacent to an activating group) is 1. The van der Waals surface area contributed by atoms with E-state index < -0.39 is 0 Å². The number of piperazine rings is 1. The van der Waals surface area contributed by atoms with Crippen molar-refractivity contribution in [2.75, 3.05) is 52.3 Å². The Labute approximate surface area is 183 Å². The van der Waals surface area contributed by atoms with Crippen LogP contribution in [0.5, 0.6) is 11.5 Å². The summed E-state index contributed by atoms with van der Waals surface area (Å²) in [6, 6.07) is 11.5. The maximum absolute atomic E-state index is 12.3. The first-order valence-corrected chi connectivity index (χ1v) is 10.6. The van der Waals surface area contributed by atoms with Gasteiger partial charge in [-0.05, 0) is 43.7 Å². The first-order chi connectivity index (χ1) is 14.4. The summed E-state index contributed by atoms with van der Waals surface area (Å²) in [7, 11) is 3.79. The van der Waals surface area contributed by atoms with Gasteiger partial charge in [0.25, 0.3) is 5.91 Å². The predicted molar refractivity (Wildman–Crippen MR) is 123 cm³/mol. The number of carbonyl (C=O) groups excluding carboxylic acids is 1. The van der Waals surface area contributed by atoms with E-state index in [-0.39, 0.29) is 12.5 Å². The van der Waals surface area contributed by atoms with Crippen molar-refractivity contribution in [2.45, 2.75) is 13.8 Å². The van der Waals surface area contributed by atoms with Crippen LogP contribution in [0.2, 0.25) is 0 Å². The Balaban J connectivity index is 1.62. The van der Waals surface area contributed by atoms with Crippen LogP contribution < -0.4 is 19.7 Å². The van der Waals surface area contributed by atoms with Crippen molar-refractivity contribution in [2.24, 2.45) is 0 Å². The van der Waals surface area contributed by atoms with Gasteiger partial charge in [0.2, 0.25) is 0 Å². The average Bonchev–Trinajstić information content (AvgIpc) is 2.74. The summed E-state index contributed by atoms with van der Waals surface area (Å²) < 4.78 is 11.2. The van der Waals surface area contributed by atoms with E-state index >= 15 is 0 Å². The molecule has 1 amide bonds. The van der Waals surface area contributed by atoms with E-state index in [4.69, 9.17) is 21.7 Å². The van der Waals surface area contributed by atoms with Crippen molar-refractivity contribution in [3.8, 4) is 11.5 Å². The summed E-state index contributed by atoms with van der Waals surface area (Å²) in [5.74, 6) is 0.861. The summed E-state index contributed by atoms with van der Waals surface area (Å²) >= 11 is 5.69. The summed E-state index contributed by atoms with van der Waals surface area (Å²) in [6.07, 6.45) is 0. The predicted octanol–water partition coefficient (Wildman–Crippen LogP) is 1.84. The molecule has 2 N–H and O–H groups in total. The third-order valence-electron chi connectivity index (χ3n) is 5.33. The maximum atomic E-state index is 12.3. The van der Waals surface area contributed by atoms with Crippen LogP contribution in [-0.2, 0) is 4.79 Å². The lowest BCUT2D eigenvalue weighted by Crippen LogP contribution is -3.12. The minimum absolute atomic E-state index is 0.102. The molecule has 0 saturated carbocycles. The van der Waals surface area contributed by atoms with Crippen molar-refractivity contribution in [1.82, 2.24) is 4.90 Å². The molecule has 0 atom stereocenters. The first-order valence-electron chi connectivity index (χ1n) is 10.2. The number of amides is 1. The van der Waals surface area contributed by atoms with Gasteiger partial charge in [0.1, 0.15) is 4.99 Å². The largest absolute Gasteiger partial charge is 0.493 e. The number of nitrogens with zero attached hydrogens (tertiary/aromatic N) is 1. The molecule has 0 aromatic heterocycles. The quantitative estimate of drug-likeness (QED) is 0.688. The standard InChI is InChI=1S/C23H29N3O3S/c1-16-5-7-19(17(2)13-16)24-22(27)15-29-20-8-6-18(14-21(20)28-4)23(30)26-11-9-25(3)10-12-26/h5-8,13-14H,9-12,15H2,1-4H3,(H,24,27)/p+1. The van der Waals surface area contributed by atoms with Gasteiger partial charge in [-0.1, -0.05) is 29.9 Å². The van der Waals surface area contributed by atoms with Crippen LogP contribution in [0.25, 0.3) is 0 Å². The van der Waals surface area contributed by atoms with E-state index in [0.29, 0.717) is 11.5 Å². The molecule has 160 valence electrons. The van der Waals surface area contributed by atoms with Gasteiger partial charge in [-0.2, -0.15) is 0 Å². The van der Waals surface area contributed by atoms with Crippen LogP contribution >= 0.6 is 12.2 Å². The van der Waals surface area contributed by atoms with Crippen molar-refractivity contribution in [3.05, 3.63) is 53.1 Å². The Bertz CT molecular complexity index is 924. The molecular formula is C23H30N3O3S+. The van der Waals surface area contributed by atoms with Gasteiger partial charge in [-0.25, -0.2) is 0 Å². The molecular weight excluding hydrogens is 398 g/mol. The molecule has 0 spiro atoms. The fraction of sp³-hybridized carbons (Fsp3) is 0.391. The topological polar surface area (TPSA) is 55.2 Å². The Hall–Kier alpha value is -2.64. The van der Waals surface area contributed by atoms with Crippen LogP contribution in [0.3, 0.4) is 0 Å². The Morgan fingerprint density at radius 1 is 1.13 bits per heavy atom. The molecule has 7 heteroatoms. The van der Waals surface area contributed by atoms with Gasteiger partial charge in [-0.3, -0.25) is 4.79 Å². The molecule has 30 heavy (non-hydrogen) atoms. The Morgan fingerprint density at radius 2 is 1.87 bits per heavy atom. The van der Waals surface area contributed by atoms with E-state index in [0.717, 1.165) is 53.5 Å². The summed E-state index contributed by atoms with van der Waals surface area (Å²) in [4.78, 5) is 16.9. The van der Waals surface area contributed by atoms with E-state index in [1.807, 2.05) is 50.2 Å². The molecule has 2 aromatic rings. The molecule has 0 aliphatic carbocycles. The van der Waals surface area contributed by atoms with Crippen molar-refractivity contribution in [3.63, 3.8) is 0 Å². The van der Waals surface area contributed by atoms with Crippen LogP contribution in [-0.4, -0.2) is 62.7 Å². The first kappa shape index (κ1) is 22.1. The molecule has 2 aromatic carbocycles. The van der Waals surface area contributed by atoms with Gasteiger partial charge in [0.05, 0.1) is 40.3 Å². The number of hydrogen-bond acceptors (Lipinski definition) is 4. The summed E-state index contributed by atoms with van der Waals surface area (Å²) in [6.45, 7) is 7.94. The van der Waals surface area contributed by atoms with E-state index in [1.165, 1.54) is 4.90 Å². The Kier molecular flexibility index (Phi) is 7.29. The zero-order chi connectivity index (χ0) is 21.7. The van der Waals surface area contributed by atoms with Crippen LogP contribution in [0, 0.1) is 13.8 Å². The number of aryl methyl sites for hydroxylation is 2. The third kappa shape index (κ3) is 5.49. The van der Waals surface area contributed by atoms with E-state index in [9.17, 15) is 4.79 Å². The minimum Gasteiger partial charge on any atom is -0.493 e. The fourth-order valence-corrected chi connectivity index (χ4v) is 3.79. The monoisotopic (exact) mass is 428 g/mol. The number of benzene rings is 2. The molecule has 1 fully saturated rings. The molecule has 1 saturated heterocycles. The van der Waals surface area contributed by atoms with E-state index in [1.54, 1.807) is 7.11 Å². The maximum Gasteiger partial charge on any atom is 0.262 e. The second-order valence-corrected chi connectivity index (χ2v) is 8.16. The van der Waals surface area contributed by atoms with Crippen LogP contribution in [0.4, 0.5) is 5.69 Å². The molecule has 1 heterocycles. The second-order valence-electron chi connectivity index (χ2n) is 7.77. The number of rotatable bonds is 6. The molecule has 6 nitrogen and oxygen atoms in total. The lowest BCUT2D eigenvalue weighted by molar-refractivity contribution is -0.883. The molecule has 0 unspecified atom stereocenters. The highest BCUT2D eigenvalue weighted by atomic mass is 32.1. The zero-order valence-electron chi connectivity index (χ0n) is 18.1. The number of thiocarbonyl (C=S) groups is 1. The summed E-state index contributed by atoms with van der Waals surface area (Å²) in [5, 5.41) is 2.89. The number of carbonyl (C=O) groups is 1. The minimum atomic E-state index is -0.219. The highest BCUT2D eigenvalue weighted by Crippen LogP contribution is 2.29. The van der Waals surface area contributed by atoms with Crippen molar-refractivity contribution < 1.29 is 19.2 Å². The highest BCUT2D eigenvalue weighted by molar-refractivity contribution is 7.80. The fourth-order valence-electron chi connectivity index (χ4n) is 3.48. The molecule has 1 aliphatic rings. The number of nitrogens with one attached hydrogen (secondary N) is 2. The van der Waals surface area contributed by atoms with Gasteiger partial charge >= 0.3 is 0 Å². The van der Waals surface area contributed by atoms with Crippen molar-refractivity contribution >= 4 is 28.8 Å². The molecule has 3 rings (SSSR count). The number of ether oxygens (including phenoxy) is 2. The smallest absolute Gasteiger partial charge is 0.262 e. The number of anilines is 1. The van der Waals surface area contributed by atoms with Gasteiger partial charge in [0, 0.05) is 11.3 Å². The van der Waals surface area contributed by atoms with E-state index in [2.05, 4.69) is 17.3 Å². The van der Waals surface area contributed by atoms with Gasteiger partial charge in [0.15, 0.2) is 18.1 Å². The number of hydrogen-bond donors (Lipinski definition) is 2. The van der Waals surface area contributed by atoms with Gasteiger partial charge < -0.3 is 24.6 Å². The normalized spacial score (nSPS) is 14.3. The van der Waals surface area contributed by atoms with Crippen LogP contribution in [0.1, 0.15) is 16.7 Å². The lowest BCUT2D eigenvalue weighted by Gasteiger charge is -2.32. The second kappa shape index (κ2) is 9.91. The SMILES string of the molecule is COc1cc(C(=S)N2CC[NH+](C)CC2)ccc1OCC(=O)Nc1ccc(C)cc1C. The molecule has 1 aliphatic heterocycles. The average molecular weight is 429 g/mol. The van der Waals surface area contributed by atoms with Crippen LogP contribution in [0.15, 0.2) is 36.4 Å². The highest BCUT2D eigenvalue weighted by Gasteiger charge is 2.21. The lowest BCUT2D eigenvalue weighted by atomic mass is 10.1. The Morgan fingerprint density at radius 3 is 2.53 bits per heavy atom. The van der Waals surface area contributed by atoms with Gasteiger partial charge in [-0.15, -0.1) is 0 Å².